The van der Waals surface area contributed by atoms with Crippen LogP contribution in [-0.2, 0) is 6.42 Å². The Hall–Kier alpha value is -2.63. The summed E-state index contributed by atoms with van der Waals surface area (Å²) in [7, 11) is 1.67. The minimum atomic E-state index is 0.594. The minimum Gasteiger partial charge on any atom is -0.495 e. The number of aromatic nitrogens is 4. The molecule has 0 saturated carbocycles. The molecule has 1 aromatic carbocycles. The SMILES string of the molecule is CCCc1c(C)nc2ncnn2c1Nc1cc(C)ccc1OC. The summed E-state index contributed by atoms with van der Waals surface area (Å²) in [4.78, 5) is 8.75. The fraction of sp³-hybridized carbons (Fsp3) is 0.353. The van der Waals surface area contributed by atoms with Gasteiger partial charge in [-0.1, -0.05) is 19.4 Å². The van der Waals surface area contributed by atoms with E-state index >= 15 is 0 Å². The van der Waals surface area contributed by atoms with Gasteiger partial charge in [0.2, 0.25) is 0 Å². The summed E-state index contributed by atoms with van der Waals surface area (Å²) in [5, 5.41) is 7.80. The number of ether oxygens (including phenoxy) is 1. The van der Waals surface area contributed by atoms with E-state index < -0.39 is 0 Å². The number of fused-ring (bicyclic) bond motifs is 1. The van der Waals surface area contributed by atoms with Gasteiger partial charge in [0.15, 0.2) is 0 Å². The third kappa shape index (κ3) is 2.84. The van der Waals surface area contributed by atoms with Gasteiger partial charge in [0.25, 0.3) is 5.78 Å². The third-order valence-electron chi connectivity index (χ3n) is 3.84. The summed E-state index contributed by atoms with van der Waals surface area (Å²) >= 11 is 0. The van der Waals surface area contributed by atoms with Crippen LogP contribution in [0.25, 0.3) is 5.78 Å². The lowest BCUT2D eigenvalue weighted by atomic mass is 10.1. The number of hydrogen-bond acceptors (Lipinski definition) is 5. The van der Waals surface area contributed by atoms with Gasteiger partial charge in [0.05, 0.1) is 12.8 Å². The largest absolute Gasteiger partial charge is 0.495 e. The highest BCUT2D eigenvalue weighted by Crippen LogP contribution is 2.31. The Balaban J connectivity index is 2.17. The van der Waals surface area contributed by atoms with Crippen LogP contribution >= 0.6 is 0 Å². The Bertz CT molecular complexity index is 840. The number of nitrogens with one attached hydrogen (secondary N) is 1. The number of hydrogen-bond donors (Lipinski definition) is 1. The van der Waals surface area contributed by atoms with E-state index in [-0.39, 0.29) is 0 Å². The number of rotatable bonds is 5. The molecule has 0 bridgehead atoms. The molecule has 6 nitrogen and oxygen atoms in total. The Morgan fingerprint density at radius 2 is 2.09 bits per heavy atom. The quantitative estimate of drug-likeness (QED) is 0.782. The van der Waals surface area contributed by atoms with Crippen molar-refractivity contribution in [1.29, 1.82) is 0 Å². The molecule has 3 rings (SSSR count). The zero-order chi connectivity index (χ0) is 16.4. The summed E-state index contributed by atoms with van der Waals surface area (Å²) in [5.41, 5.74) is 4.19. The molecule has 0 aliphatic heterocycles. The van der Waals surface area contributed by atoms with Gasteiger partial charge in [-0.2, -0.15) is 14.6 Å². The molecule has 0 spiro atoms. The lowest BCUT2D eigenvalue weighted by Crippen LogP contribution is -2.09. The number of nitrogens with zero attached hydrogens (tertiary/aromatic N) is 4. The van der Waals surface area contributed by atoms with Gasteiger partial charge in [-0.3, -0.25) is 0 Å². The van der Waals surface area contributed by atoms with E-state index in [2.05, 4.69) is 40.3 Å². The van der Waals surface area contributed by atoms with E-state index in [4.69, 9.17) is 4.74 Å². The Labute approximate surface area is 135 Å². The van der Waals surface area contributed by atoms with Gasteiger partial charge < -0.3 is 10.1 Å². The number of anilines is 2. The van der Waals surface area contributed by atoms with Crippen molar-refractivity contribution in [1.82, 2.24) is 19.6 Å². The van der Waals surface area contributed by atoms with Crippen LogP contribution in [0.3, 0.4) is 0 Å². The highest BCUT2D eigenvalue weighted by atomic mass is 16.5. The molecule has 2 aromatic heterocycles. The second-order valence-corrected chi connectivity index (χ2v) is 5.57. The van der Waals surface area contributed by atoms with E-state index in [0.717, 1.165) is 46.9 Å². The first kappa shape index (κ1) is 15.3. The maximum Gasteiger partial charge on any atom is 0.254 e. The van der Waals surface area contributed by atoms with Gasteiger partial charge in [-0.25, -0.2) is 4.98 Å². The van der Waals surface area contributed by atoms with E-state index in [9.17, 15) is 0 Å². The molecule has 0 unspecified atom stereocenters. The summed E-state index contributed by atoms with van der Waals surface area (Å²) in [6, 6.07) is 6.05. The maximum absolute atomic E-state index is 5.47. The van der Waals surface area contributed by atoms with Crippen molar-refractivity contribution >= 4 is 17.3 Å². The van der Waals surface area contributed by atoms with Crippen LogP contribution < -0.4 is 10.1 Å². The second kappa shape index (κ2) is 6.24. The van der Waals surface area contributed by atoms with Crippen LogP contribution in [0.2, 0.25) is 0 Å². The molecular formula is C17H21N5O. The maximum atomic E-state index is 5.47. The molecule has 2 heterocycles. The Morgan fingerprint density at radius 1 is 1.26 bits per heavy atom. The first-order valence-corrected chi connectivity index (χ1v) is 7.75. The smallest absolute Gasteiger partial charge is 0.254 e. The minimum absolute atomic E-state index is 0.594. The van der Waals surface area contributed by atoms with Crippen molar-refractivity contribution in [2.24, 2.45) is 0 Å². The average molecular weight is 311 g/mol. The van der Waals surface area contributed by atoms with E-state index in [1.165, 1.54) is 6.33 Å². The Morgan fingerprint density at radius 3 is 2.83 bits per heavy atom. The molecule has 0 radical (unpaired) electrons. The summed E-state index contributed by atoms with van der Waals surface area (Å²) in [6.07, 6.45) is 3.48. The first-order chi connectivity index (χ1) is 11.1. The van der Waals surface area contributed by atoms with Crippen LogP contribution in [0.15, 0.2) is 24.5 Å². The van der Waals surface area contributed by atoms with E-state index in [1.54, 1.807) is 11.6 Å². The molecule has 23 heavy (non-hydrogen) atoms. The predicted octanol–water partition coefficient (Wildman–Crippen LogP) is 3.45. The zero-order valence-electron chi connectivity index (χ0n) is 13.9. The first-order valence-electron chi connectivity index (χ1n) is 7.75. The van der Waals surface area contributed by atoms with Crippen LogP contribution in [0.5, 0.6) is 5.75 Å². The van der Waals surface area contributed by atoms with Crippen molar-refractivity contribution in [3.05, 3.63) is 41.3 Å². The monoisotopic (exact) mass is 311 g/mol. The molecular weight excluding hydrogens is 290 g/mol. The number of aryl methyl sites for hydroxylation is 2. The Kier molecular flexibility index (Phi) is 4.14. The van der Waals surface area contributed by atoms with Crippen LogP contribution in [0.4, 0.5) is 11.5 Å². The summed E-state index contributed by atoms with van der Waals surface area (Å²) < 4.78 is 7.22. The lowest BCUT2D eigenvalue weighted by molar-refractivity contribution is 0.416. The molecule has 0 fully saturated rings. The van der Waals surface area contributed by atoms with Crippen molar-refractivity contribution < 1.29 is 4.74 Å². The predicted molar refractivity (Wildman–Crippen MR) is 90.5 cm³/mol. The topological polar surface area (TPSA) is 64.3 Å². The van der Waals surface area contributed by atoms with Crippen molar-refractivity contribution in [2.75, 3.05) is 12.4 Å². The third-order valence-corrected chi connectivity index (χ3v) is 3.84. The summed E-state index contributed by atoms with van der Waals surface area (Å²) in [5.74, 6) is 2.29. The standard InChI is InChI=1S/C17H21N5O/c1-5-6-13-12(3)20-17-18-10-19-22(17)16(13)21-14-9-11(2)7-8-15(14)23-4/h7-10,21H,5-6H2,1-4H3. The second-order valence-electron chi connectivity index (χ2n) is 5.57. The zero-order valence-corrected chi connectivity index (χ0v) is 13.9. The van der Waals surface area contributed by atoms with Gasteiger partial charge in [0.1, 0.15) is 17.9 Å². The molecule has 3 aromatic rings. The van der Waals surface area contributed by atoms with Crippen molar-refractivity contribution in [3.63, 3.8) is 0 Å². The molecule has 0 amide bonds. The van der Waals surface area contributed by atoms with Crippen LogP contribution in [0.1, 0.15) is 30.2 Å². The van der Waals surface area contributed by atoms with Crippen LogP contribution in [0, 0.1) is 13.8 Å². The fourth-order valence-corrected chi connectivity index (χ4v) is 2.71. The molecule has 0 aliphatic rings. The number of methoxy groups -OCH3 is 1. The fourth-order valence-electron chi connectivity index (χ4n) is 2.71. The lowest BCUT2D eigenvalue weighted by Gasteiger charge is -2.17. The molecule has 0 atom stereocenters. The molecule has 6 heteroatoms. The van der Waals surface area contributed by atoms with Crippen molar-refractivity contribution in [2.45, 2.75) is 33.6 Å². The summed E-state index contributed by atoms with van der Waals surface area (Å²) in [6.45, 7) is 6.22. The van der Waals surface area contributed by atoms with Crippen LogP contribution in [-0.4, -0.2) is 26.7 Å². The van der Waals surface area contributed by atoms with Gasteiger partial charge >= 0.3 is 0 Å². The van der Waals surface area contributed by atoms with Gasteiger partial charge in [-0.15, -0.1) is 0 Å². The van der Waals surface area contributed by atoms with Crippen molar-refractivity contribution in [3.8, 4) is 5.75 Å². The van der Waals surface area contributed by atoms with Gasteiger partial charge in [0, 0.05) is 11.3 Å². The van der Waals surface area contributed by atoms with Gasteiger partial charge in [-0.05, 0) is 38.0 Å². The molecule has 120 valence electrons. The van der Waals surface area contributed by atoms with E-state index in [1.807, 2.05) is 19.1 Å². The highest BCUT2D eigenvalue weighted by Gasteiger charge is 2.15. The van der Waals surface area contributed by atoms with E-state index in [0.29, 0.717) is 5.78 Å². The molecule has 1 N–H and O–H groups in total. The molecule has 0 saturated heterocycles. The molecule has 0 aliphatic carbocycles. The highest BCUT2D eigenvalue weighted by molar-refractivity contribution is 5.68. The average Bonchev–Trinajstić information content (AvgIpc) is 2.99. The number of benzene rings is 1. The normalized spacial score (nSPS) is 11.0.